The van der Waals surface area contributed by atoms with Crippen molar-refractivity contribution in [3.8, 4) is 5.75 Å². The predicted molar refractivity (Wildman–Crippen MR) is 108 cm³/mol. The minimum Gasteiger partial charge on any atom is -0.496 e. The second-order valence-electron chi connectivity index (χ2n) is 5.48. The highest BCUT2D eigenvalue weighted by molar-refractivity contribution is 9.10. The van der Waals surface area contributed by atoms with Crippen LogP contribution in [0.25, 0.3) is 6.08 Å². The molecule has 1 amide bonds. The minimum atomic E-state index is -0.238. The van der Waals surface area contributed by atoms with Crippen molar-refractivity contribution in [2.24, 2.45) is 0 Å². The van der Waals surface area contributed by atoms with Crippen molar-refractivity contribution in [2.45, 2.75) is 12.4 Å². The number of methoxy groups -OCH3 is 1. The fourth-order valence-corrected chi connectivity index (χ4v) is 4.09. The standard InChI is InChI=1S/C18H16BrClN2O2S/c1-10-3-5-12(20)9-14(10)21-18-22-17(23)16(25-18)8-11-4-6-15(24-2)13(19)7-11/h3-9,18,21H,1-2H3,(H,22,23)/b16-8-. The summed E-state index contributed by atoms with van der Waals surface area (Å²) in [5.41, 5.74) is 2.65. The molecule has 3 rings (SSSR count). The van der Waals surface area contributed by atoms with Crippen molar-refractivity contribution in [2.75, 3.05) is 12.4 Å². The molecule has 2 aromatic rings. The Kier molecular flexibility index (Phi) is 5.61. The molecule has 2 N–H and O–H groups in total. The van der Waals surface area contributed by atoms with E-state index in [1.54, 1.807) is 7.11 Å². The van der Waals surface area contributed by atoms with Crippen LogP contribution in [-0.2, 0) is 4.79 Å². The van der Waals surface area contributed by atoms with Crippen LogP contribution in [0.4, 0.5) is 5.69 Å². The molecule has 1 heterocycles. The molecule has 1 saturated heterocycles. The van der Waals surface area contributed by atoms with Crippen LogP contribution < -0.4 is 15.4 Å². The Bertz CT molecular complexity index is 857. The highest BCUT2D eigenvalue weighted by atomic mass is 79.9. The summed E-state index contributed by atoms with van der Waals surface area (Å²) in [7, 11) is 1.62. The van der Waals surface area contributed by atoms with Gasteiger partial charge in [-0.2, -0.15) is 0 Å². The van der Waals surface area contributed by atoms with Crippen LogP contribution in [0.1, 0.15) is 11.1 Å². The van der Waals surface area contributed by atoms with Crippen LogP contribution in [0, 0.1) is 6.92 Å². The highest BCUT2D eigenvalue weighted by Gasteiger charge is 2.27. The first-order valence-corrected chi connectivity index (χ1v) is 9.57. The molecule has 1 atom stereocenters. The van der Waals surface area contributed by atoms with E-state index < -0.39 is 0 Å². The zero-order valence-corrected chi connectivity index (χ0v) is 16.8. The van der Waals surface area contributed by atoms with Crippen LogP contribution in [0.15, 0.2) is 45.8 Å². The van der Waals surface area contributed by atoms with Gasteiger partial charge in [-0.05, 0) is 64.3 Å². The van der Waals surface area contributed by atoms with Crippen molar-refractivity contribution >= 4 is 57.0 Å². The lowest BCUT2D eigenvalue weighted by atomic mass is 10.2. The quantitative estimate of drug-likeness (QED) is 0.657. The number of ether oxygens (including phenoxy) is 1. The largest absolute Gasteiger partial charge is 0.496 e. The van der Waals surface area contributed by atoms with E-state index >= 15 is 0 Å². The Morgan fingerprint density at radius 3 is 2.84 bits per heavy atom. The summed E-state index contributed by atoms with van der Waals surface area (Å²) in [6.07, 6.45) is 1.86. The van der Waals surface area contributed by atoms with E-state index in [2.05, 4.69) is 26.6 Å². The monoisotopic (exact) mass is 438 g/mol. The average molecular weight is 440 g/mol. The van der Waals surface area contributed by atoms with Gasteiger partial charge >= 0.3 is 0 Å². The number of nitrogens with one attached hydrogen (secondary N) is 2. The Balaban J connectivity index is 1.76. The summed E-state index contributed by atoms with van der Waals surface area (Å²) in [6, 6.07) is 11.3. The van der Waals surface area contributed by atoms with E-state index in [9.17, 15) is 4.79 Å². The van der Waals surface area contributed by atoms with Gasteiger partial charge in [0.15, 0.2) is 5.50 Å². The molecule has 25 heavy (non-hydrogen) atoms. The third-order valence-corrected chi connectivity index (χ3v) is 5.57. The minimum absolute atomic E-state index is 0.103. The highest BCUT2D eigenvalue weighted by Crippen LogP contribution is 2.33. The number of carbonyl (C=O) groups is 1. The number of halogens is 2. The summed E-state index contributed by atoms with van der Waals surface area (Å²) in [5, 5.41) is 6.88. The van der Waals surface area contributed by atoms with Crippen LogP contribution in [0.3, 0.4) is 0 Å². The number of anilines is 1. The van der Waals surface area contributed by atoms with Crippen LogP contribution >= 0.6 is 39.3 Å². The van der Waals surface area contributed by atoms with E-state index in [0.29, 0.717) is 9.93 Å². The van der Waals surface area contributed by atoms with Gasteiger partial charge in [0.25, 0.3) is 5.91 Å². The fourth-order valence-electron chi connectivity index (χ4n) is 2.38. The molecular formula is C18H16BrClN2O2S. The molecule has 1 fully saturated rings. The SMILES string of the molecule is COc1ccc(/C=C2\SC(Nc3cc(Cl)ccc3C)NC2=O)cc1Br. The number of hydrogen-bond acceptors (Lipinski definition) is 4. The van der Waals surface area contributed by atoms with Gasteiger partial charge in [-0.3, -0.25) is 4.79 Å². The fraction of sp³-hybridized carbons (Fsp3) is 0.167. The Morgan fingerprint density at radius 2 is 2.12 bits per heavy atom. The molecule has 4 nitrogen and oxygen atoms in total. The zero-order valence-electron chi connectivity index (χ0n) is 13.6. The summed E-state index contributed by atoms with van der Waals surface area (Å²) in [6.45, 7) is 1.99. The molecule has 0 saturated carbocycles. The Labute approximate surface area is 164 Å². The second kappa shape index (κ2) is 7.72. The summed E-state index contributed by atoms with van der Waals surface area (Å²) >= 11 is 10.9. The van der Waals surface area contributed by atoms with Crippen molar-refractivity contribution < 1.29 is 9.53 Å². The number of aryl methyl sites for hydroxylation is 1. The van der Waals surface area contributed by atoms with E-state index in [0.717, 1.165) is 27.0 Å². The van der Waals surface area contributed by atoms with Crippen molar-refractivity contribution in [3.63, 3.8) is 0 Å². The molecule has 0 radical (unpaired) electrons. The summed E-state index contributed by atoms with van der Waals surface area (Å²) in [4.78, 5) is 12.9. The third kappa shape index (κ3) is 4.32. The maximum atomic E-state index is 12.2. The lowest BCUT2D eigenvalue weighted by Gasteiger charge is -2.15. The lowest BCUT2D eigenvalue weighted by molar-refractivity contribution is -0.116. The number of benzene rings is 2. The molecule has 2 aromatic carbocycles. The van der Waals surface area contributed by atoms with Gasteiger partial charge in [-0.25, -0.2) is 0 Å². The average Bonchev–Trinajstić information content (AvgIpc) is 2.90. The van der Waals surface area contributed by atoms with Gasteiger partial charge in [0.1, 0.15) is 5.75 Å². The molecule has 1 aliphatic rings. The smallest absolute Gasteiger partial charge is 0.260 e. The topological polar surface area (TPSA) is 50.4 Å². The number of hydrogen-bond donors (Lipinski definition) is 2. The molecule has 7 heteroatoms. The summed E-state index contributed by atoms with van der Waals surface area (Å²) < 4.78 is 6.07. The van der Waals surface area contributed by atoms with E-state index in [1.807, 2.05) is 49.4 Å². The van der Waals surface area contributed by atoms with E-state index in [1.165, 1.54) is 11.8 Å². The van der Waals surface area contributed by atoms with Gasteiger partial charge in [-0.1, -0.05) is 35.5 Å². The summed E-state index contributed by atoms with van der Waals surface area (Å²) in [5.74, 6) is 0.649. The number of thioether (sulfide) groups is 1. The molecular weight excluding hydrogens is 424 g/mol. The molecule has 0 bridgehead atoms. The van der Waals surface area contributed by atoms with Crippen molar-refractivity contribution in [1.82, 2.24) is 5.32 Å². The van der Waals surface area contributed by atoms with Gasteiger partial charge < -0.3 is 15.4 Å². The van der Waals surface area contributed by atoms with Crippen LogP contribution in [0.5, 0.6) is 5.75 Å². The molecule has 0 spiro atoms. The van der Waals surface area contributed by atoms with Crippen LogP contribution in [-0.4, -0.2) is 18.5 Å². The maximum Gasteiger partial charge on any atom is 0.260 e. The number of carbonyl (C=O) groups excluding carboxylic acids is 1. The number of rotatable bonds is 4. The van der Waals surface area contributed by atoms with Gasteiger partial charge in [0.2, 0.25) is 0 Å². The van der Waals surface area contributed by atoms with E-state index in [-0.39, 0.29) is 11.4 Å². The molecule has 130 valence electrons. The molecule has 0 aromatic heterocycles. The van der Waals surface area contributed by atoms with Crippen molar-refractivity contribution in [1.29, 1.82) is 0 Å². The predicted octanol–water partition coefficient (Wildman–Crippen LogP) is 5.02. The van der Waals surface area contributed by atoms with E-state index in [4.69, 9.17) is 16.3 Å². The Morgan fingerprint density at radius 1 is 1.32 bits per heavy atom. The molecule has 1 aliphatic heterocycles. The van der Waals surface area contributed by atoms with Crippen LogP contribution in [0.2, 0.25) is 5.02 Å². The normalized spacial score (nSPS) is 18.3. The lowest BCUT2D eigenvalue weighted by Crippen LogP contribution is -2.31. The van der Waals surface area contributed by atoms with Gasteiger partial charge in [0, 0.05) is 10.7 Å². The molecule has 1 unspecified atom stereocenters. The Hall–Kier alpha value is -1.63. The van der Waals surface area contributed by atoms with Gasteiger partial charge in [-0.15, -0.1) is 0 Å². The first-order valence-electron chi connectivity index (χ1n) is 7.52. The van der Waals surface area contributed by atoms with Crippen molar-refractivity contribution in [3.05, 3.63) is 61.9 Å². The second-order valence-corrected chi connectivity index (χ2v) is 7.92. The number of amides is 1. The maximum absolute atomic E-state index is 12.2. The zero-order chi connectivity index (χ0) is 18.0. The molecule has 0 aliphatic carbocycles. The first kappa shape index (κ1) is 18.2. The first-order chi connectivity index (χ1) is 12.0. The van der Waals surface area contributed by atoms with Gasteiger partial charge in [0.05, 0.1) is 16.5 Å². The third-order valence-electron chi connectivity index (χ3n) is 3.69.